The number of hydrogen-bond donors (Lipinski definition) is 2. The van der Waals surface area contributed by atoms with E-state index in [4.69, 9.17) is 11.6 Å². The van der Waals surface area contributed by atoms with Gasteiger partial charge in [-0.25, -0.2) is 4.79 Å². The first-order chi connectivity index (χ1) is 9.95. The molecule has 0 atom stereocenters. The number of hydrogen-bond acceptors (Lipinski definition) is 2. The molecule has 5 heteroatoms. The molecule has 4 nitrogen and oxygen atoms in total. The molecule has 2 N–H and O–H groups in total. The Bertz CT molecular complexity index is 698. The Morgan fingerprint density at radius 2 is 1.67 bits per heavy atom. The van der Waals surface area contributed by atoms with E-state index in [0.717, 1.165) is 5.56 Å². The standard InChI is InChI=1S/C16H15ClN2O2/c1-10-6-7-14(9-15(10)17)19-16(21)18-13-5-3-4-12(8-13)11(2)20/h3-9H,1-2H3,(H2,18,19,21). The molecule has 2 rings (SSSR count). The number of amides is 2. The molecular formula is C16H15ClN2O2. The molecule has 0 radical (unpaired) electrons. The first kappa shape index (κ1) is 15.1. The van der Waals surface area contributed by atoms with Gasteiger partial charge in [0.1, 0.15) is 0 Å². The van der Waals surface area contributed by atoms with Crippen molar-refractivity contribution in [3.63, 3.8) is 0 Å². The van der Waals surface area contributed by atoms with Crippen molar-refractivity contribution in [2.24, 2.45) is 0 Å². The van der Waals surface area contributed by atoms with E-state index in [-0.39, 0.29) is 5.78 Å². The highest BCUT2D eigenvalue weighted by atomic mass is 35.5. The second-order valence-corrected chi connectivity index (χ2v) is 5.09. The van der Waals surface area contributed by atoms with Crippen LogP contribution in [0.5, 0.6) is 0 Å². The van der Waals surface area contributed by atoms with E-state index in [2.05, 4.69) is 10.6 Å². The fraction of sp³-hybridized carbons (Fsp3) is 0.125. The summed E-state index contributed by atoms with van der Waals surface area (Å²) in [7, 11) is 0. The van der Waals surface area contributed by atoms with Gasteiger partial charge in [0.2, 0.25) is 0 Å². The summed E-state index contributed by atoms with van der Waals surface area (Å²) in [6.45, 7) is 3.37. The van der Waals surface area contributed by atoms with Gasteiger partial charge in [0.05, 0.1) is 0 Å². The number of anilines is 2. The molecule has 2 aromatic carbocycles. The molecule has 0 saturated heterocycles. The number of carbonyl (C=O) groups excluding carboxylic acids is 2. The molecule has 2 aromatic rings. The van der Waals surface area contributed by atoms with Crippen molar-refractivity contribution < 1.29 is 9.59 Å². The minimum Gasteiger partial charge on any atom is -0.308 e. The van der Waals surface area contributed by atoms with Crippen LogP contribution in [0, 0.1) is 6.92 Å². The SMILES string of the molecule is CC(=O)c1cccc(NC(=O)Nc2ccc(C)c(Cl)c2)c1. The Morgan fingerprint density at radius 1 is 1.00 bits per heavy atom. The Hall–Kier alpha value is -2.33. The molecule has 0 aromatic heterocycles. The van der Waals surface area contributed by atoms with E-state index < -0.39 is 6.03 Å². The quantitative estimate of drug-likeness (QED) is 0.820. The molecule has 0 bridgehead atoms. The van der Waals surface area contributed by atoms with Crippen LogP contribution in [0.4, 0.5) is 16.2 Å². The number of halogens is 1. The van der Waals surface area contributed by atoms with Crippen LogP contribution in [0.25, 0.3) is 0 Å². The second-order valence-electron chi connectivity index (χ2n) is 4.68. The lowest BCUT2D eigenvalue weighted by Gasteiger charge is -2.09. The molecule has 108 valence electrons. The van der Waals surface area contributed by atoms with Gasteiger partial charge in [-0.1, -0.05) is 29.8 Å². The lowest BCUT2D eigenvalue weighted by molar-refractivity contribution is 0.101. The summed E-state index contributed by atoms with van der Waals surface area (Å²) in [5, 5.41) is 5.95. The van der Waals surface area contributed by atoms with E-state index in [1.165, 1.54) is 6.92 Å². The molecule has 0 saturated carbocycles. The minimum atomic E-state index is -0.393. The summed E-state index contributed by atoms with van der Waals surface area (Å²) in [6.07, 6.45) is 0. The molecule has 0 spiro atoms. The lowest BCUT2D eigenvalue weighted by Crippen LogP contribution is -2.19. The van der Waals surface area contributed by atoms with Gasteiger partial charge in [0, 0.05) is 22.0 Å². The fourth-order valence-corrected chi connectivity index (χ4v) is 1.96. The predicted octanol–water partition coefficient (Wildman–Crippen LogP) is 4.50. The summed E-state index contributed by atoms with van der Waals surface area (Å²) in [5.41, 5.74) is 2.65. The molecule has 0 aliphatic rings. The molecular weight excluding hydrogens is 288 g/mol. The molecule has 0 aliphatic heterocycles. The van der Waals surface area contributed by atoms with Crippen LogP contribution >= 0.6 is 11.6 Å². The summed E-state index contributed by atoms with van der Waals surface area (Å²) in [5.74, 6) is -0.0515. The van der Waals surface area contributed by atoms with Crippen molar-refractivity contribution in [2.75, 3.05) is 10.6 Å². The van der Waals surface area contributed by atoms with Crippen molar-refractivity contribution in [3.8, 4) is 0 Å². The maximum Gasteiger partial charge on any atom is 0.323 e. The molecule has 0 aliphatic carbocycles. The minimum absolute atomic E-state index is 0.0515. The van der Waals surface area contributed by atoms with Gasteiger partial charge in [0.15, 0.2) is 5.78 Å². The number of aryl methyl sites for hydroxylation is 1. The highest BCUT2D eigenvalue weighted by Gasteiger charge is 2.06. The van der Waals surface area contributed by atoms with E-state index >= 15 is 0 Å². The van der Waals surface area contributed by atoms with Crippen molar-refractivity contribution in [1.29, 1.82) is 0 Å². The van der Waals surface area contributed by atoms with Gasteiger partial charge in [-0.2, -0.15) is 0 Å². The first-order valence-electron chi connectivity index (χ1n) is 6.41. The summed E-state index contributed by atoms with van der Waals surface area (Å²) >= 11 is 6.00. The number of carbonyl (C=O) groups is 2. The number of nitrogens with one attached hydrogen (secondary N) is 2. The predicted molar refractivity (Wildman–Crippen MR) is 85.3 cm³/mol. The Balaban J connectivity index is 2.06. The average molecular weight is 303 g/mol. The molecule has 2 amide bonds. The first-order valence-corrected chi connectivity index (χ1v) is 6.78. The number of ketones is 1. The zero-order valence-electron chi connectivity index (χ0n) is 11.7. The van der Waals surface area contributed by atoms with Crippen LogP contribution in [0.1, 0.15) is 22.8 Å². The van der Waals surface area contributed by atoms with Gasteiger partial charge < -0.3 is 10.6 Å². The number of benzene rings is 2. The van der Waals surface area contributed by atoms with Gasteiger partial charge in [-0.3, -0.25) is 4.79 Å². The van der Waals surface area contributed by atoms with Crippen LogP contribution < -0.4 is 10.6 Å². The average Bonchev–Trinajstić information content (AvgIpc) is 2.43. The summed E-state index contributed by atoms with van der Waals surface area (Å²) < 4.78 is 0. The summed E-state index contributed by atoms with van der Waals surface area (Å²) in [6, 6.07) is 11.7. The van der Waals surface area contributed by atoms with E-state index in [0.29, 0.717) is 22.0 Å². The fourth-order valence-electron chi connectivity index (χ4n) is 1.78. The zero-order valence-corrected chi connectivity index (χ0v) is 12.5. The second kappa shape index (κ2) is 6.41. The summed E-state index contributed by atoms with van der Waals surface area (Å²) in [4.78, 5) is 23.2. The van der Waals surface area contributed by atoms with Crippen LogP contribution in [-0.2, 0) is 0 Å². The third-order valence-corrected chi connectivity index (χ3v) is 3.36. The maximum absolute atomic E-state index is 11.9. The van der Waals surface area contributed by atoms with Gasteiger partial charge in [-0.05, 0) is 43.7 Å². The third-order valence-electron chi connectivity index (χ3n) is 2.96. The normalized spacial score (nSPS) is 10.0. The molecule has 0 heterocycles. The highest BCUT2D eigenvalue weighted by Crippen LogP contribution is 2.20. The van der Waals surface area contributed by atoms with Gasteiger partial charge >= 0.3 is 6.03 Å². The van der Waals surface area contributed by atoms with Crippen molar-refractivity contribution in [1.82, 2.24) is 0 Å². The molecule has 0 fully saturated rings. The van der Waals surface area contributed by atoms with E-state index in [1.54, 1.807) is 36.4 Å². The maximum atomic E-state index is 11.9. The number of rotatable bonds is 3. The van der Waals surface area contributed by atoms with Crippen LogP contribution in [0.15, 0.2) is 42.5 Å². The Morgan fingerprint density at radius 3 is 2.29 bits per heavy atom. The highest BCUT2D eigenvalue weighted by molar-refractivity contribution is 6.31. The van der Waals surface area contributed by atoms with Gasteiger partial charge in [0.25, 0.3) is 0 Å². The van der Waals surface area contributed by atoms with Crippen LogP contribution in [0.3, 0.4) is 0 Å². The monoisotopic (exact) mass is 302 g/mol. The van der Waals surface area contributed by atoms with Gasteiger partial charge in [-0.15, -0.1) is 0 Å². The Labute approximate surface area is 128 Å². The zero-order chi connectivity index (χ0) is 15.4. The van der Waals surface area contributed by atoms with Crippen molar-refractivity contribution >= 4 is 34.8 Å². The van der Waals surface area contributed by atoms with E-state index in [9.17, 15) is 9.59 Å². The smallest absolute Gasteiger partial charge is 0.308 e. The molecule has 21 heavy (non-hydrogen) atoms. The van der Waals surface area contributed by atoms with Crippen molar-refractivity contribution in [2.45, 2.75) is 13.8 Å². The number of urea groups is 1. The van der Waals surface area contributed by atoms with Crippen LogP contribution in [-0.4, -0.2) is 11.8 Å². The Kier molecular flexibility index (Phi) is 4.60. The topological polar surface area (TPSA) is 58.2 Å². The molecule has 0 unspecified atom stereocenters. The number of Topliss-reactive ketones (excluding diaryl/α,β-unsaturated/α-hetero) is 1. The van der Waals surface area contributed by atoms with Crippen molar-refractivity contribution in [3.05, 3.63) is 58.6 Å². The largest absolute Gasteiger partial charge is 0.323 e. The van der Waals surface area contributed by atoms with E-state index in [1.807, 2.05) is 13.0 Å². The third kappa shape index (κ3) is 4.07. The lowest BCUT2D eigenvalue weighted by atomic mass is 10.1. The van der Waals surface area contributed by atoms with Crippen LogP contribution in [0.2, 0.25) is 5.02 Å².